The van der Waals surface area contributed by atoms with Crippen LogP contribution in [-0.2, 0) is 4.74 Å². The molecule has 0 spiro atoms. The van der Waals surface area contributed by atoms with Gasteiger partial charge in [-0.3, -0.25) is 9.69 Å². The van der Waals surface area contributed by atoms with Crippen molar-refractivity contribution < 1.29 is 9.53 Å². The van der Waals surface area contributed by atoms with Crippen LogP contribution < -0.4 is 15.4 Å². The molecule has 2 aliphatic heterocycles. The number of halogens is 2. The Morgan fingerprint density at radius 2 is 1.84 bits per heavy atom. The van der Waals surface area contributed by atoms with E-state index in [4.69, 9.17) is 37.9 Å². The zero-order valence-corrected chi connectivity index (χ0v) is 27.1. The van der Waals surface area contributed by atoms with Gasteiger partial charge in [-0.1, -0.05) is 43.1 Å². The number of carbonyl (C=O) groups excluding carboxylic acids is 1. The smallest absolute Gasteiger partial charge is 0.410 e. The van der Waals surface area contributed by atoms with E-state index >= 15 is 0 Å². The molecule has 0 saturated carbocycles. The van der Waals surface area contributed by atoms with E-state index in [-0.39, 0.29) is 17.0 Å². The highest BCUT2D eigenvalue weighted by molar-refractivity contribution is 6.43. The first-order chi connectivity index (χ1) is 20.9. The predicted octanol–water partition coefficient (Wildman–Crippen LogP) is 4.35. The summed E-state index contributed by atoms with van der Waals surface area (Å²) >= 11 is 12.7. The molecule has 44 heavy (non-hydrogen) atoms. The summed E-state index contributed by atoms with van der Waals surface area (Å²) in [7, 11) is 0. The van der Waals surface area contributed by atoms with Gasteiger partial charge in [-0.05, 0) is 46.0 Å². The lowest BCUT2D eigenvalue weighted by Crippen LogP contribution is -2.60. The number of carbonyl (C=O) groups is 1. The Kier molecular flexibility index (Phi) is 9.20. The van der Waals surface area contributed by atoms with Crippen LogP contribution in [0.25, 0.3) is 16.6 Å². The fourth-order valence-electron chi connectivity index (χ4n) is 5.68. The number of ether oxygens (including phenoxy) is 1. The molecule has 14 heteroatoms. The molecule has 1 atom stereocenters. The lowest BCUT2D eigenvalue weighted by atomic mass is 10.1. The van der Waals surface area contributed by atoms with E-state index in [2.05, 4.69) is 34.8 Å². The van der Waals surface area contributed by atoms with Crippen molar-refractivity contribution in [2.24, 2.45) is 0 Å². The second kappa shape index (κ2) is 12.8. The lowest BCUT2D eigenvalue weighted by Gasteiger charge is -2.45. The average Bonchev–Trinajstić information content (AvgIpc) is 2.95. The molecule has 234 valence electrons. The number of benzene rings is 1. The zero-order chi connectivity index (χ0) is 31.8. The molecule has 2 saturated heterocycles. The van der Waals surface area contributed by atoms with Gasteiger partial charge in [-0.2, -0.15) is 20.0 Å². The van der Waals surface area contributed by atoms with Crippen molar-refractivity contribution in [3.05, 3.63) is 44.8 Å². The van der Waals surface area contributed by atoms with E-state index in [9.17, 15) is 14.9 Å². The number of rotatable bonds is 7. The summed E-state index contributed by atoms with van der Waals surface area (Å²) in [4.78, 5) is 44.7. The first kappa shape index (κ1) is 31.8. The van der Waals surface area contributed by atoms with E-state index in [0.29, 0.717) is 53.5 Å². The lowest BCUT2D eigenvalue weighted by molar-refractivity contribution is 0.0145. The van der Waals surface area contributed by atoms with Crippen molar-refractivity contribution in [3.63, 3.8) is 0 Å². The number of hydrogen-bond donors (Lipinski definition) is 0. The second-order valence-electron chi connectivity index (χ2n) is 12.0. The topological polar surface area (TPSA) is 124 Å². The number of hydrogen-bond acceptors (Lipinski definition) is 10. The SMILES string of the molecule is CCN(CC)C1CN(c2nc(N3CCN(C(=O)OC(C)(C)C)C(CC#N)C3)c3cnn(-c4cccc(Cl)c4Cl)c(=O)c3n2)C1. The van der Waals surface area contributed by atoms with Crippen molar-refractivity contribution in [1.29, 1.82) is 5.26 Å². The van der Waals surface area contributed by atoms with Crippen LogP contribution in [0.15, 0.2) is 29.2 Å². The van der Waals surface area contributed by atoms with Crippen molar-refractivity contribution in [1.82, 2.24) is 29.5 Å². The predicted molar refractivity (Wildman–Crippen MR) is 171 cm³/mol. The van der Waals surface area contributed by atoms with Crippen molar-refractivity contribution in [2.75, 3.05) is 55.6 Å². The van der Waals surface area contributed by atoms with E-state index in [1.54, 1.807) is 29.3 Å². The third-order valence-electron chi connectivity index (χ3n) is 7.98. The van der Waals surface area contributed by atoms with Gasteiger partial charge in [-0.25, -0.2) is 9.78 Å². The number of likely N-dealkylation sites (N-methyl/N-ethyl adjacent to an activating group) is 1. The van der Waals surface area contributed by atoms with E-state index < -0.39 is 23.3 Å². The van der Waals surface area contributed by atoms with E-state index in [0.717, 1.165) is 26.2 Å². The molecule has 0 radical (unpaired) electrons. The molecule has 2 fully saturated rings. The Labute approximate surface area is 266 Å². The Morgan fingerprint density at radius 3 is 2.50 bits per heavy atom. The minimum absolute atomic E-state index is 0.113. The van der Waals surface area contributed by atoms with Gasteiger partial charge in [0, 0.05) is 38.8 Å². The van der Waals surface area contributed by atoms with Crippen LogP contribution in [0.1, 0.15) is 41.0 Å². The molecule has 5 rings (SSSR count). The quantitative estimate of drug-likeness (QED) is 0.368. The largest absolute Gasteiger partial charge is 0.444 e. The van der Waals surface area contributed by atoms with Crippen LogP contribution in [-0.4, -0.2) is 99.1 Å². The highest BCUT2D eigenvalue weighted by atomic mass is 35.5. The summed E-state index contributed by atoms with van der Waals surface area (Å²) in [6.45, 7) is 14.1. The first-order valence-electron chi connectivity index (χ1n) is 14.8. The van der Waals surface area contributed by atoms with E-state index in [1.165, 1.54) is 4.68 Å². The van der Waals surface area contributed by atoms with Crippen molar-refractivity contribution in [3.8, 4) is 11.8 Å². The molecule has 0 bridgehead atoms. The maximum Gasteiger partial charge on any atom is 0.410 e. The Hall–Kier alpha value is -3.66. The summed E-state index contributed by atoms with van der Waals surface area (Å²) in [5, 5.41) is 15.0. The number of amides is 1. The van der Waals surface area contributed by atoms with Crippen LogP contribution in [0.3, 0.4) is 0 Å². The van der Waals surface area contributed by atoms with Gasteiger partial charge < -0.3 is 19.4 Å². The molecular formula is C30H37Cl2N9O3. The molecule has 0 N–H and O–H groups in total. The summed E-state index contributed by atoms with van der Waals surface area (Å²) in [6.07, 6.45) is 1.21. The minimum Gasteiger partial charge on any atom is -0.444 e. The average molecular weight is 643 g/mol. The second-order valence-corrected chi connectivity index (χ2v) is 12.7. The first-order valence-corrected chi connectivity index (χ1v) is 15.6. The molecule has 1 amide bonds. The Bertz CT molecular complexity index is 1640. The summed E-state index contributed by atoms with van der Waals surface area (Å²) in [6, 6.07) is 7.14. The van der Waals surface area contributed by atoms with Crippen LogP contribution in [0.2, 0.25) is 10.0 Å². The minimum atomic E-state index is -0.666. The molecule has 12 nitrogen and oxygen atoms in total. The van der Waals surface area contributed by atoms with Crippen LogP contribution in [0.5, 0.6) is 0 Å². The Balaban J connectivity index is 1.56. The number of aromatic nitrogens is 4. The molecule has 3 aromatic rings. The van der Waals surface area contributed by atoms with Crippen LogP contribution in [0.4, 0.5) is 16.6 Å². The van der Waals surface area contributed by atoms with Gasteiger partial charge in [0.2, 0.25) is 5.95 Å². The number of piperazine rings is 1. The fourth-order valence-corrected chi connectivity index (χ4v) is 6.06. The van der Waals surface area contributed by atoms with E-state index in [1.807, 2.05) is 25.7 Å². The number of nitrogens with zero attached hydrogens (tertiary/aromatic N) is 9. The van der Waals surface area contributed by atoms with Crippen LogP contribution in [0, 0.1) is 11.3 Å². The maximum atomic E-state index is 14.0. The van der Waals surface area contributed by atoms with Crippen molar-refractivity contribution in [2.45, 2.75) is 58.7 Å². The molecule has 0 aliphatic carbocycles. The van der Waals surface area contributed by atoms with Crippen LogP contribution >= 0.6 is 23.2 Å². The third kappa shape index (κ3) is 6.27. The van der Waals surface area contributed by atoms with Gasteiger partial charge >= 0.3 is 6.09 Å². The molecule has 2 aliphatic rings. The Morgan fingerprint density at radius 1 is 1.11 bits per heavy atom. The summed E-state index contributed by atoms with van der Waals surface area (Å²) in [5.74, 6) is 0.964. The van der Waals surface area contributed by atoms with Gasteiger partial charge in [0.05, 0.1) is 45.8 Å². The number of anilines is 2. The highest BCUT2D eigenvalue weighted by Gasteiger charge is 2.37. The highest BCUT2D eigenvalue weighted by Crippen LogP contribution is 2.32. The molecule has 2 aromatic heterocycles. The fraction of sp³-hybridized carbons (Fsp3) is 0.533. The van der Waals surface area contributed by atoms with Gasteiger partial charge in [0.1, 0.15) is 16.9 Å². The third-order valence-corrected chi connectivity index (χ3v) is 8.79. The monoisotopic (exact) mass is 641 g/mol. The molecular weight excluding hydrogens is 605 g/mol. The number of nitriles is 1. The summed E-state index contributed by atoms with van der Waals surface area (Å²) < 4.78 is 6.82. The molecule has 4 heterocycles. The molecule has 1 unspecified atom stereocenters. The summed E-state index contributed by atoms with van der Waals surface area (Å²) in [5.41, 5.74) is -0.591. The molecule has 1 aromatic carbocycles. The van der Waals surface area contributed by atoms with Gasteiger partial charge in [-0.15, -0.1) is 0 Å². The van der Waals surface area contributed by atoms with Gasteiger partial charge in [0.25, 0.3) is 5.56 Å². The normalized spacial score (nSPS) is 17.6. The van der Waals surface area contributed by atoms with Gasteiger partial charge in [0.15, 0.2) is 0 Å². The number of fused-ring (bicyclic) bond motifs is 1. The van der Waals surface area contributed by atoms with Crippen molar-refractivity contribution >= 4 is 52.0 Å². The zero-order valence-electron chi connectivity index (χ0n) is 25.6. The maximum absolute atomic E-state index is 14.0. The standard InChI is InChI=1S/C30H37Cl2N9O3/c1-6-37(7-2)20-17-39(18-20)28-35-25-21(15-34-41(27(25)42)23-10-8-9-22(31)24(23)32)26(36-28)38-13-14-40(19(16-38)11-12-33)29(43)44-30(3,4)5/h8-10,15,19-20H,6-7,11,13-14,16-18H2,1-5H3.